The largest absolute Gasteiger partial charge is 0.508 e. The lowest BCUT2D eigenvalue weighted by Gasteiger charge is -2.11. The maximum atomic E-state index is 13.1. The lowest BCUT2D eigenvalue weighted by Crippen LogP contribution is -2.22. The summed E-state index contributed by atoms with van der Waals surface area (Å²) in [4.78, 5) is 28.5. The van der Waals surface area contributed by atoms with Crippen molar-refractivity contribution in [2.24, 2.45) is 0 Å². The molecule has 0 spiro atoms. The SMILES string of the molecule is O=c1c2ccccc2nc(C=Cc2ccccc2[N+](=O)[O-])n1-c1cccc(O)c1. The number of rotatable bonds is 4. The number of phenolic OH excluding ortho intramolecular Hbond substituents is 1. The van der Waals surface area contributed by atoms with Crippen molar-refractivity contribution >= 4 is 28.7 Å². The predicted octanol–water partition coefficient (Wildman–Crippen LogP) is 4.17. The first kappa shape index (κ1) is 18.1. The number of phenols is 1. The highest BCUT2D eigenvalue weighted by Crippen LogP contribution is 2.22. The van der Waals surface area contributed by atoms with Gasteiger partial charge in [0.1, 0.15) is 11.6 Å². The van der Waals surface area contributed by atoms with Crippen LogP contribution in [0.1, 0.15) is 11.4 Å². The van der Waals surface area contributed by atoms with Crippen LogP contribution in [0.4, 0.5) is 5.69 Å². The van der Waals surface area contributed by atoms with Gasteiger partial charge in [0, 0.05) is 12.1 Å². The Bertz CT molecular complexity index is 1330. The summed E-state index contributed by atoms with van der Waals surface area (Å²) in [6, 6.07) is 19.5. The third-order valence-electron chi connectivity index (χ3n) is 4.43. The van der Waals surface area contributed by atoms with Crippen LogP contribution in [0.15, 0.2) is 77.6 Å². The van der Waals surface area contributed by atoms with Gasteiger partial charge in [0.2, 0.25) is 0 Å². The smallest absolute Gasteiger partial charge is 0.276 e. The highest BCUT2D eigenvalue weighted by Gasteiger charge is 2.13. The summed E-state index contributed by atoms with van der Waals surface area (Å²) < 4.78 is 1.37. The number of fused-ring (bicyclic) bond motifs is 1. The molecule has 3 aromatic carbocycles. The molecule has 0 aliphatic heterocycles. The zero-order valence-corrected chi connectivity index (χ0v) is 15.1. The fourth-order valence-electron chi connectivity index (χ4n) is 3.10. The van der Waals surface area contributed by atoms with E-state index in [1.165, 1.54) is 22.8 Å². The maximum Gasteiger partial charge on any atom is 0.276 e. The van der Waals surface area contributed by atoms with Gasteiger partial charge in [0.05, 0.1) is 27.1 Å². The summed E-state index contributed by atoms with van der Waals surface area (Å²) >= 11 is 0. The standard InChI is InChI=1S/C22H15N3O4/c26-17-8-5-7-16(14-17)24-21(23-19-10-3-2-9-18(19)22(24)27)13-12-15-6-1-4-11-20(15)25(28)29/h1-14,26H. The molecular formula is C22H15N3O4. The molecule has 1 N–H and O–H groups in total. The Balaban J connectivity index is 1.95. The first-order chi connectivity index (χ1) is 14.0. The quantitative estimate of drug-likeness (QED) is 0.420. The molecule has 142 valence electrons. The van der Waals surface area contributed by atoms with E-state index in [2.05, 4.69) is 4.98 Å². The molecule has 29 heavy (non-hydrogen) atoms. The molecule has 0 radical (unpaired) electrons. The lowest BCUT2D eigenvalue weighted by molar-refractivity contribution is -0.385. The summed E-state index contributed by atoms with van der Waals surface area (Å²) in [6.45, 7) is 0. The summed E-state index contributed by atoms with van der Waals surface area (Å²) in [6.07, 6.45) is 3.11. The number of aromatic nitrogens is 2. The number of aromatic hydroxyl groups is 1. The number of para-hydroxylation sites is 2. The minimum absolute atomic E-state index is 0.0104. The van der Waals surface area contributed by atoms with E-state index >= 15 is 0 Å². The number of hydrogen-bond donors (Lipinski definition) is 1. The van der Waals surface area contributed by atoms with E-state index in [1.807, 2.05) is 0 Å². The normalized spacial score (nSPS) is 11.2. The van der Waals surface area contributed by atoms with Crippen LogP contribution in [0, 0.1) is 10.1 Å². The van der Waals surface area contributed by atoms with Gasteiger partial charge in [-0.15, -0.1) is 0 Å². The molecule has 0 fully saturated rings. The average molecular weight is 385 g/mol. The monoisotopic (exact) mass is 385 g/mol. The third kappa shape index (κ3) is 3.49. The molecule has 0 saturated heterocycles. The first-order valence-electron chi connectivity index (χ1n) is 8.77. The summed E-state index contributed by atoms with van der Waals surface area (Å²) in [5, 5.41) is 21.5. The molecular weight excluding hydrogens is 370 g/mol. The van der Waals surface area contributed by atoms with Gasteiger partial charge in [-0.05, 0) is 42.5 Å². The number of nitro benzene ring substituents is 1. The molecule has 7 nitrogen and oxygen atoms in total. The summed E-state index contributed by atoms with van der Waals surface area (Å²) in [7, 11) is 0. The van der Waals surface area contributed by atoms with Crippen LogP contribution < -0.4 is 5.56 Å². The third-order valence-corrected chi connectivity index (χ3v) is 4.43. The van der Waals surface area contributed by atoms with E-state index < -0.39 is 4.92 Å². The molecule has 0 bridgehead atoms. The van der Waals surface area contributed by atoms with Gasteiger partial charge in [-0.2, -0.15) is 0 Å². The van der Waals surface area contributed by atoms with Crippen molar-refractivity contribution in [1.82, 2.24) is 9.55 Å². The van der Waals surface area contributed by atoms with Crippen molar-refractivity contribution in [3.63, 3.8) is 0 Å². The van der Waals surface area contributed by atoms with Crippen LogP contribution in [0.25, 0.3) is 28.7 Å². The Hall–Kier alpha value is -4.26. The maximum absolute atomic E-state index is 13.1. The van der Waals surface area contributed by atoms with Crippen molar-refractivity contribution in [3.8, 4) is 11.4 Å². The van der Waals surface area contributed by atoms with E-state index in [0.717, 1.165) is 0 Å². The Labute approximate surface area is 165 Å². The van der Waals surface area contributed by atoms with E-state index in [4.69, 9.17) is 0 Å². The van der Waals surface area contributed by atoms with Crippen LogP contribution in [-0.2, 0) is 0 Å². The fourth-order valence-corrected chi connectivity index (χ4v) is 3.10. The van der Waals surface area contributed by atoms with Gasteiger partial charge >= 0.3 is 0 Å². The van der Waals surface area contributed by atoms with E-state index in [1.54, 1.807) is 66.7 Å². The average Bonchev–Trinajstić information content (AvgIpc) is 2.72. The molecule has 0 amide bonds. The Morgan fingerprint density at radius 1 is 0.966 bits per heavy atom. The second-order valence-corrected chi connectivity index (χ2v) is 6.30. The highest BCUT2D eigenvalue weighted by molar-refractivity contribution is 5.80. The topological polar surface area (TPSA) is 98.3 Å². The highest BCUT2D eigenvalue weighted by atomic mass is 16.6. The lowest BCUT2D eigenvalue weighted by atomic mass is 10.1. The fraction of sp³-hybridized carbons (Fsp3) is 0. The zero-order chi connectivity index (χ0) is 20.4. The molecule has 0 atom stereocenters. The molecule has 0 aliphatic rings. The molecule has 4 rings (SSSR count). The van der Waals surface area contributed by atoms with Crippen molar-refractivity contribution in [2.75, 3.05) is 0 Å². The van der Waals surface area contributed by atoms with E-state index in [9.17, 15) is 20.0 Å². The number of hydrogen-bond acceptors (Lipinski definition) is 5. The van der Waals surface area contributed by atoms with Gasteiger partial charge in [0.25, 0.3) is 11.2 Å². The molecule has 1 heterocycles. The number of benzene rings is 3. The molecule has 0 saturated carbocycles. The van der Waals surface area contributed by atoms with Crippen molar-refractivity contribution in [2.45, 2.75) is 0 Å². The van der Waals surface area contributed by atoms with Gasteiger partial charge in [-0.3, -0.25) is 19.5 Å². The summed E-state index contributed by atoms with van der Waals surface area (Å²) in [5.41, 5.74) is 0.994. The van der Waals surface area contributed by atoms with E-state index in [-0.39, 0.29) is 22.8 Å². The molecule has 0 unspecified atom stereocenters. The van der Waals surface area contributed by atoms with Crippen LogP contribution in [0.3, 0.4) is 0 Å². The second-order valence-electron chi connectivity index (χ2n) is 6.30. The Morgan fingerprint density at radius 3 is 2.52 bits per heavy atom. The molecule has 7 heteroatoms. The Morgan fingerprint density at radius 2 is 1.72 bits per heavy atom. The van der Waals surface area contributed by atoms with Crippen LogP contribution in [0.5, 0.6) is 5.75 Å². The van der Waals surface area contributed by atoms with Gasteiger partial charge in [0.15, 0.2) is 0 Å². The van der Waals surface area contributed by atoms with Crippen LogP contribution >= 0.6 is 0 Å². The van der Waals surface area contributed by atoms with Crippen molar-refractivity contribution in [3.05, 3.63) is 105 Å². The van der Waals surface area contributed by atoms with Crippen LogP contribution in [0.2, 0.25) is 0 Å². The zero-order valence-electron chi connectivity index (χ0n) is 15.1. The van der Waals surface area contributed by atoms with Crippen LogP contribution in [-0.4, -0.2) is 19.6 Å². The predicted molar refractivity (Wildman–Crippen MR) is 111 cm³/mol. The minimum atomic E-state index is -0.462. The van der Waals surface area contributed by atoms with Crippen molar-refractivity contribution < 1.29 is 10.0 Å². The van der Waals surface area contributed by atoms with E-state index in [0.29, 0.717) is 22.2 Å². The number of nitrogens with zero attached hydrogens (tertiary/aromatic N) is 3. The van der Waals surface area contributed by atoms with Gasteiger partial charge in [-0.1, -0.05) is 30.3 Å². The molecule has 1 aromatic heterocycles. The first-order valence-corrected chi connectivity index (χ1v) is 8.77. The van der Waals surface area contributed by atoms with Gasteiger partial charge in [-0.25, -0.2) is 4.98 Å². The number of nitro groups is 1. The van der Waals surface area contributed by atoms with Crippen molar-refractivity contribution in [1.29, 1.82) is 0 Å². The Kier molecular flexibility index (Phi) is 4.62. The second kappa shape index (κ2) is 7.40. The minimum Gasteiger partial charge on any atom is -0.508 e. The molecule has 0 aliphatic carbocycles. The van der Waals surface area contributed by atoms with Gasteiger partial charge < -0.3 is 5.11 Å². The molecule has 4 aromatic rings. The summed E-state index contributed by atoms with van der Waals surface area (Å²) in [5.74, 6) is 0.300.